The number of hydrogen-bond donors (Lipinski definition) is 0. The number of imidazole rings is 1. The topological polar surface area (TPSA) is 17.8 Å². The van der Waals surface area contributed by atoms with E-state index in [1.165, 1.54) is 49.7 Å². The highest BCUT2D eigenvalue weighted by molar-refractivity contribution is 5.19. The molecule has 0 aliphatic heterocycles. The van der Waals surface area contributed by atoms with Crippen LogP contribution in [0.4, 0.5) is 0 Å². The minimum Gasteiger partial charge on any atom is -0.334 e. The maximum Gasteiger partial charge on any atom is 0.0948 e. The first-order valence-corrected chi connectivity index (χ1v) is 10.9. The van der Waals surface area contributed by atoms with Crippen LogP contribution in [-0.2, 0) is 12.8 Å². The molecule has 2 nitrogen and oxygen atoms in total. The molecule has 0 fully saturated rings. The van der Waals surface area contributed by atoms with Crippen molar-refractivity contribution in [1.29, 1.82) is 0 Å². The molecular weight excluding hydrogens is 340 g/mol. The van der Waals surface area contributed by atoms with Gasteiger partial charge in [0.2, 0.25) is 0 Å². The van der Waals surface area contributed by atoms with E-state index < -0.39 is 0 Å². The molecule has 0 bridgehead atoms. The standard InChI is InChI=1S/C26H34N2/c1-2-3-4-5-12-17-26(28-19-18-27-22-28)25(20-23-13-8-6-9-14-23)21-24-15-10-7-11-16-24/h6-11,13-16,18-19,22,25-26H,2-5,12,17,20-21H2,1H3. The third-order valence-corrected chi connectivity index (χ3v) is 5.74. The second-order valence-corrected chi connectivity index (χ2v) is 7.92. The molecule has 1 atom stereocenters. The summed E-state index contributed by atoms with van der Waals surface area (Å²) in [6.45, 7) is 2.28. The summed E-state index contributed by atoms with van der Waals surface area (Å²) in [5.41, 5.74) is 2.86. The summed E-state index contributed by atoms with van der Waals surface area (Å²) in [6, 6.07) is 22.4. The van der Waals surface area contributed by atoms with E-state index in [0.29, 0.717) is 12.0 Å². The van der Waals surface area contributed by atoms with Crippen molar-refractivity contribution in [3.05, 3.63) is 90.5 Å². The fourth-order valence-corrected chi connectivity index (χ4v) is 4.23. The minimum absolute atomic E-state index is 0.490. The first-order chi connectivity index (χ1) is 13.9. The van der Waals surface area contributed by atoms with Crippen molar-refractivity contribution < 1.29 is 0 Å². The Balaban J connectivity index is 1.77. The molecule has 3 rings (SSSR count). The zero-order valence-corrected chi connectivity index (χ0v) is 17.2. The van der Waals surface area contributed by atoms with Gasteiger partial charge in [0.05, 0.1) is 6.33 Å². The Bertz CT molecular complexity index is 708. The van der Waals surface area contributed by atoms with Crippen molar-refractivity contribution in [2.24, 2.45) is 5.92 Å². The fraction of sp³-hybridized carbons (Fsp3) is 0.423. The monoisotopic (exact) mass is 374 g/mol. The van der Waals surface area contributed by atoms with E-state index in [1.54, 1.807) is 0 Å². The first-order valence-electron chi connectivity index (χ1n) is 10.9. The van der Waals surface area contributed by atoms with Crippen LogP contribution >= 0.6 is 0 Å². The molecule has 1 aromatic heterocycles. The number of hydrogen-bond acceptors (Lipinski definition) is 1. The summed E-state index contributed by atoms with van der Waals surface area (Å²) < 4.78 is 2.36. The Hall–Kier alpha value is -2.35. The van der Waals surface area contributed by atoms with Crippen LogP contribution in [0.1, 0.15) is 62.6 Å². The number of aromatic nitrogens is 2. The van der Waals surface area contributed by atoms with Crippen LogP contribution in [0, 0.1) is 5.92 Å². The van der Waals surface area contributed by atoms with E-state index in [-0.39, 0.29) is 0 Å². The van der Waals surface area contributed by atoms with E-state index in [4.69, 9.17) is 0 Å². The highest BCUT2D eigenvalue weighted by atomic mass is 15.1. The normalized spacial score (nSPS) is 12.4. The van der Waals surface area contributed by atoms with E-state index in [0.717, 1.165) is 12.8 Å². The van der Waals surface area contributed by atoms with Gasteiger partial charge >= 0.3 is 0 Å². The molecular formula is C26H34N2. The lowest BCUT2D eigenvalue weighted by atomic mass is 9.84. The van der Waals surface area contributed by atoms with Crippen molar-refractivity contribution >= 4 is 0 Å². The lowest BCUT2D eigenvalue weighted by Crippen LogP contribution is -2.23. The van der Waals surface area contributed by atoms with Crippen molar-refractivity contribution in [2.45, 2.75) is 64.3 Å². The molecule has 1 heterocycles. The van der Waals surface area contributed by atoms with Gasteiger partial charge < -0.3 is 4.57 Å². The van der Waals surface area contributed by atoms with Gasteiger partial charge in [-0.2, -0.15) is 0 Å². The number of unbranched alkanes of at least 4 members (excludes halogenated alkanes) is 4. The maximum atomic E-state index is 4.36. The Morgan fingerprint density at radius 1 is 0.786 bits per heavy atom. The van der Waals surface area contributed by atoms with Crippen LogP contribution in [0.3, 0.4) is 0 Å². The quantitative estimate of drug-likeness (QED) is 0.316. The molecule has 0 radical (unpaired) electrons. The molecule has 148 valence electrons. The van der Waals surface area contributed by atoms with Crippen LogP contribution in [0.25, 0.3) is 0 Å². The molecule has 28 heavy (non-hydrogen) atoms. The third kappa shape index (κ3) is 6.37. The van der Waals surface area contributed by atoms with Crippen LogP contribution in [0.2, 0.25) is 0 Å². The van der Waals surface area contributed by atoms with Gasteiger partial charge in [-0.05, 0) is 36.3 Å². The smallest absolute Gasteiger partial charge is 0.0948 e. The highest BCUT2D eigenvalue weighted by Gasteiger charge is 2.23. The molecule has 0 N–H and O–H groups in total. The molecule has 0 aliphatic rings. The fourth-order valence-electron chi connectivity index (χ4n) is 4.23. The Kier molecular flexibility index (Phi) is 8.36. The van der Waals surface area contributed by atoms with Crippen molar-refractivity contribution in [1.82, 2.24) is 9.55 Å². The zero-order chi connectivity index (χ0) is 19.4. The van der Waals surface area contributed by atoms with Gasteiger partial charge in [-0.3, -0.25) is 0 Å². The maximum absolute atomic E-state index is 4.36. The predicted octanol–water partition coefficient (Wildman–Crippen LogP) is 6.89. The average Bonchev–Trinajstić information content (AvgIpc) is 3.26. The van der Waals surface area contributed by atoms with E-state index in [1.807, 2.05) is 12.5 Å². The largest absolute Gasteiger partial charge is 0.334 e. The number of nitrogens with zero attached hydrogens (tertiary/aromatic N) is 2. The molecule has 1 unspecified atom stereocenters. The molecule has 2 heteroatoms. The minimum atomic E-state index is 0.490. The number of rotatable bonds is 12. The number of benzene rings is 2. The Morgan fingerprint density at radius 3 is 1.93 bits per heavy atom. The molecule has 0 saturated heterocycles. The Morgan fingerprint density at radius 2 is 1.39 bits per heavy atom. The van der Waals surface area contributed by atoms with E-state index in [9.17, 15) is 0 Å². The summed E-state index contributed by atoms with van der Waals surface area (Å²) in [5, 5.41) is 0. The van der Waals surface area contributed by atoms with E-state index in [2.05, 4.69) is 83.3 Å². The van der Waals surface area contributed by atoms with Gasteiger partial charge in [0.15, 0.2) is 0 Å². The highest BCUT2D eigenvalue weighted by Crippen LogP contribution is 2.31. The lowest BCUT2D eigenvalue weighted by Gasteiger charge is -2.29. The lowest BCUT2D eigenvalue weighted by molar-refractivity contribution is 0.296. The van der Waals surface area contributed by atoms with Crippen molar-refractivity contribution in [3.8, 4) is 0 Å². The van der Waals surface area contributed by atoms with E-state index >= 15 is 0 Å². The Labute approximate surface area is 170 Å². The summed E-state index contributed by atoms with van der Waals surface area (Å²) in [7, 11) is 0. The van der Waals surface area contributed by atoms with Gasteiger partial charge in [0.1, 0.15) is 0 Å². The van der Waals surface area contributed by atoms with Gasteiger partial charge in [-0.15, -0.1) is 0 Å². The molecule has 0 saturated carbocycles. The van der Waals surface area contributed by atoms with Crippen molar-refractivity contribution in [2.75, 3.05) is 0 Å². The van der Waals surface area contributed by atoms with Gasteiger partial charge in [-0.1, -0.05) is 99.7 Å². The molecule has 0 aliphatic carbocycles. The molecule has 0 spiro atoms. The van der Waals surface area contributed by atoms with Crippen LogP contribution in [-0.4, -0.2) is 9.55 Å². The first kappa shape index (κ1) is 20.4. The summed E-state index contributed by atoms with van der Waals surface area (Å²) in [4.78, 5) is 4.36. The van der Waals surface area contributed by atoms with Crippen LogP contribution in [0.5, 0.6) is 0 Å². The van der Waals surface area contributed by atoms with Crippen LogP contribution < -0.4 is 0 Å². The SMILES string of the molecule is CCCCCCCC(C(Cc1ccccc1)Cc1ccccc1)n1ccnc1. The third-order valence-electron chi connectivity index (χ3n) is 5.74. The summed E-state index contributed by atoms with van der Waals surface area (Å²) in [6.07, 6.45) is 16.2. The van der Waals surface area contributed by atoms with Crippen molar-refractivity contribution in [3.63, 3.8) is 0 Å². The zero-order valence-electron chi connectivity index (χ0n) is 17.2. The second-order valence-electron chi connectivity index (χ2n) is 7.92. The average molecular weight is 375 g/mol. The summed E-state index contributed by atoms with van der Waals surface area (Å²) >= 11 is 0. The van der Waals surface area contributed by atoms with Gasteiger partial charge in [-0.25, -0.2) is 4.98 Å². The predicted molar refractivity (Wildman–Crippen MR) is 118 cm³/mol. The second kappa shape index (κ2) is 11.5. The van der Waals surface area contributed by atoms with Crippen LogP contribution in [0.15, 0.2) is 79.4 Å². The van der Waals surface area contributed by atoms with Gasteiger partial charge in [0, 0.05) is 18.4 Å². The van der Waals surface area contributed by atoms with Gasteiger partial charge in [0.25, 0.3) is 0 Å². The molecule has 0 amide bonds. The summed E-state index contributed by atoms with van der Waals surface area (Å²) in [5.74, 6) is 0.560. The molecule has 3 aromatic rings. The molecule has 2 aromatic carbocycles.